The number of aromatic nitrogens is 1. The molecule has 7 nitrogen and oxygen atoms in total. The molecule has 178 valence electrons. The molecule has 2 N–H and O–H groups in total. The summed E-state index contributed by atoms with van der Waals surface area (Å²) in [5, 5.41) is 15.9. The number of furan rings is 2. The van der Waals surface area contributed by atoms with Crippen molar-refractivity contribution < 1.29 is 18.7 Å². The van der Waals surface area contributed by atoms with Gasteiger partial charge in [0.15, 0.2) is 5.76 Å². The first-order chi connectivity index (χ1) is 17.1. The van der Waals surface area contributed by atoms with Gasteiger partial charge in [-0.2, -0.15) is 0 Å². The third kappa shape index (κ3) is 4.48. The summed E-state index contributed by atoms with van der Waals surface area (Å²) in [7, 11) is 0. The Balaban J connectivity index is 1.12. The Hall–Kier alpha value is -3.46. The molecule has 2 aromatic carbocycles. The first-order valence-electron chi connectivity index (χ1n) is 11.7. The van der Waals surface area contributed by atoms with Crippen molar-refractivity contribution in [2.45, 2.75) is 31.5 Å². The predicted molar refractivity (Wildman–Crippen MR) is 134 cm³/mol. The Morgan fingerprint density at radius 2 is 1.97 bits per heavy atom. The maximum Gasteiger partial charge on any atom is 0.287 e. The Morgan fingerprint density at radius 1 is 1.11 bits per heavy atom. The van der Waals surface area contributed by atoms with Crippen LogP contribution in [0.2, 0.25) is 0 Å². The zero-order valence-electron chi connectivity index (χ0n) is 19.1. The average molecular weight is 488 g/mol. The molecule has 1 saturated heterocycles. The molecule has 4 heterocycles. The molecule has 0 aliphatic carbocycles. The topological polar surface area (TPSA) is 91.7 Å². The van der Waals surface area contributed by atoms with Gasteiger partial charge in [0.1, 0.15) is 16.4 Å². The first-order valence-corrected chi connectivity index (χ1v) is 12.5. The molecule has 35 heavy (non-hydrogen) atoms. The predicted octanol–water partition coefficient (Wildman–Crippen LogP) is 5.05. The maximum atomic E-state index is 12.7. The highest BCUT2D eigenvalue weighted by atomic mass is 32.1. The molecule has 1 aliphatic heterocycles. The van der Waals surface area contributed by atoms with E-state index in [0.29, 0.717) is 25.0 Å². The van der Waals surface area contributed by atoms with Crippen LogP contribution in [-0.2, 0) is 18.7 Å². The van der Waals surface area contributed by atoms with Gasteiger partial charge in [0.25, 0.3) is 5.91 Å². The summed E-state index contributed by atoms with van der Waals surface area (Å²) in [6.07, 6.45) is 2.95. The number of carbonyl (C=O) groups is 1. The highest BCUT2D eigenvalue weighted by Gasteiger charge is 2.34. The number of hydrogen-bond acceptors (Lipinski definition) is 7. The zero-order valence-corrected chi connectivity index (χ0v) is 19.9. The van der Waals surface area contributed by atoms with E-state index in [2.05, 4.69) is 15.2 Å². The van der Waals surface area contributed by atoms with Gasteiger partial charge in [-0.3, -0.25) is 9.69 Å². The Morgan fingerprint density at radius 3 is 2.77 bits per heavy atom. The SMILES string of the molecule is O=C(NCc1nc2ccccc2s1)c1cc2cc(C3(O)CCN(Cc4ccco4)CC3)ccc2o1. The van der Waals surface area contributed by atoms with Gasteiger partial charge in [-0.05, 0) is 60.9 Å². The molecule has 1 amide bonds. The van der Waals surface area contributed by atoms with Crippen LogP contribution in [0.5, 0.6) is 0 Å². The summed E-state index contributed by atoms with van der Waals surface area (Å²) in [6, 6.07) is 19.2. The number of amides is 1. The highest BCUT2D eigenvalue weighted by molar-refractivity contribution is 7.18. The van der Waals surface area contributed by atoms with Gasteiger partial charge in [0.05, 0.1) is 35.2 Å². The average Bonchev–Trinajstić information content (AvgIpc) is 3.62. The van der Waals surface area contributed by atoms with Crippen molar-refractivity contribution in [2.24, 2.45) is 0 Å². The number of likely N-dealkylation sites (tertiary alicyclic amines) is 1. The fourth-order valence-electron chi connectivity index (χ4n) is 4.68. The van der Waals surface area contributed by atoms with Crippen LogP contribution in [-0.4, -0.2) is 34.0 Å². The number of rotatable bonds is 6. The quantitative estimate of drug-likeness (QED) is 0.348. The minimum atomic E-state index is -0.902. The number of aliphatic hydroxyl groups is 1. The van der Waals surface area contributed by atoms with Crippen LogP contribution in [0.3, 0.4) is 0 Å². The van der Waals surface area contributed by atoms with E-state index < -0.39 is 5.60 Å². The lowest BCUT2D eigenvalue weighted by molar-refractivity contribution is -0.0288. The number of benzene rings is 2. The summed E-state index contributed by atoms with van der Waals surface area (Å²) >= 11 is 1.56. The van der Waals surface area contributed by atoms with Crippen molar-refractivity contribution in [1.29, 1.82) is 0 Å². The summed E-state index contributed by atoms with van der Waals surface area (Å²) in [5.41, 5.74) is 1.51. The maximum absolute atomic E-state index is 12.7. The largest absolute Gasteiger partial charge is 0.468 e. The van der Waals surface area contributed by atoms with Crippen molar-refractivity contribution in [2.75, 3.05) is 13.1 Å². The number of piperidine rings is 1. The molecule has 3 aromatic heterocycles. The number of nitrogens with one attached hydrogen (secondary N) is 1. The molecule has 1 aliphatic rings. The van der Waals surface area contributed by atoms with Gasteiger partial charge >= 0.3 is 0 Å². The van der Waals surface area contributed by atoms with Gasteiger partial charge in [-0.25, -0.2) is 4.98 Å². The van der Waals surface area contributed by atoms with Gasteiger partial charge in [-0.15, -0.1) is 11.3 Å². The molecule has 0 radical (unpaired) electrons. The van der Waals surface area contributed by atoms with E-state index in [1.54, 1.807) is 23.7 Å². The van der Waals surface area contributed by atoms with Crippen LogP contribution in [0.1, 0.15) is 39.7 Å². The molecule has 0 spiro atoms. The van der Waals surface area contributed by atoms with Gasteiger partial charge < -0.3 is 19.3 Å². The third-order valence-electron chi connectivity index (χ3n) is 6.66. The molecule has 0 unspecified atom stereocenters. The van der Waals surface area contributed by atoms with Crippen molar-refractivity contribution in [3.05, 3.63) is 89.0 Å². The summed E-state index contributed by atoms with van der Waals surface area (Å²) < 4.78 is 12.3. The number of thiazole rings is 1. The van der Waals surface area contributed by atoms with Crippen molar-refractivity contribution >= 4 is 38.4 Å². The number of hydrogen-bond donors (Lipinski definition) is 2. The molecule has 0 saturated carbocycles. The van der Waals surface area contributed by atoms with Gasteiger partial charge in [-0.1, -0.05) is 18.2 Å². The van der Waals surface area contributed by atoms with Crippen LogP contribution in [0, 0.1) is 0 Å². The molecular formula is C27H25N3O4S. The van der Waals surface area contributed by atoms with Crippen LogP contribution in [0.15, 0.2) is 75.8 Å². The summed E-state index contributed by atoms with van der Waals surface area (Å²) in [4.78, 5) is 19.6. The summed E-state index contributed by atoms with van der Waals surface area (Å²) in [6.45, 7) is 2.65. The normalized spacial score (nSPS) is 16.1. The second-order valence-electron chi connectivity index (χ2n) is 9.01. The van der Waals surface area contributed by atoms with E-state index >= 15 is 0 Å². The lowest BCUT2D eigenvalue weighted by Crippen LogP contribution is -2.42. The molecule has 5 aromatic rings. The van der Waals surface area contributed by atoms with Crippen LogP contribution in [0.25, 0.3) is 21.2 Å². The highest BCUT2D eigenvalue weighted by Crippen LogP contribution is 2.35. The second kappa shape index (κ2) is 8.96. The number of carbonyl (C=O) groups excluding carboxylic acids is 1. The lowest BCUT2D eigenvalue weighted by atomic mass is 9.84. The van der Waals surface area contributed by atoms with E-state index in [0.717, 1.165) is 51.6 Å². The van der Waals surface area contributed by atoms with Crippen molar-refractivity contribution in [3.8, 4) is 0 Å². The molecule has 0 atom stereocenters. The monoisotopic (exact) mass is 487 g/mol. The summed E-state index contributed by atoms with van der Waals surface area (Å²) in [5.74, 6) is 0.898. The minimum Gasteiger partial charge on any atom is -0.468 e. The van der Waals surface area contributed by atoms with Crippen molar-refractivity contribution in [1.82, 2.24) is 15.2 Å². The van der Waals surface area contributed by atoms with E-state index in [9.17, 15) is 9.90 Å². The molecule has 1 fully saturated rings. The van der Waals surface area contributed by atoms with E-state index in [-0.39, 0.29) is 11.7 Å². The van der Waals surface area contributed by atoms with E-state index in [1.807, 2.05) is 54.6 Å². The smallest absolute Gasteiger partial charge is 0.287 e. The standard InChI is InChI=1S/C27H25N3O4S/c31-26(28-16-25-29-21-5-1-2-6-24(21)35-25)23-15-18-14-19(7-8-22(18)34-23)27(32)9-11-30(12-10-27)17-20-4-3-13-33-20/h1-8,13-15,32H,9-12,16-17H2,(H,28,31). The van der Waals surface area contributed by atoms with E-state index in [1.165, 1.54) is 0 Å². The fourth-order valence-corrected chi connectivity index (χ4v) is 5.58. The fraction of sp³-hybridized carbons (Fsp3) is 0.259. The van der Waals surface area contributed by atoms with Crippen molar-refractivity contribution in [3.63, 3.8) is 0 Å². The number of nitrogens with zero attached hydrogens (tertiary/aromatic N) is 2. The number of fused-ring (bicyclic) bond motifs is 2. The molecule has 6 rings (SSSR count). The van der Waals surface area contributed by atoms with Gasteiger partial charge in [0, 0.05) is 18.5 Å². The first kappa shape index (κ1) is 22.0. The zero-order chi connectivity index (χ0) is 23.8. The van der Waals surface area contributed by atoms with Gasteiger partial charge in [0.2, 0.25) is 0 Å². The second-order valence-corrected chi connectivity index (χ2v) is 10.1. The lowest BCUT2D eigenvalue weighted by Gasteiger charge is -2.38. The van der Waals surface area contributed by atoms with Crippen LogP contribution < -0.4 is 5.32 Å². The van der Waals surface area contributed by atoms with Crippen LogP contribution in [0.4, 0.5) is 0 Å². The Kier molecular flexibility index (Phi) is 5.64. The minimum absolute atomic E-state index is 0.249. The third-order valence-corrected chi connectivity index (χ3v) is 7.69. The Labute approximate surface area is 206 Å². The number of para-hydroxylation sites is 1. The van der Waals surface area contributed by atoms with Crippen LogP contribution >= 0.6 is 11.3 Å². The molecular weight excluding hydrogens is 462 g/mol. The molecule has 8 heteroatoms. The van der Waals surface area contributed by atoms with E-state index in [4.69, 9.17) is 8.83 Å². The molecule has 0 bridgehead atoms. The Bertz CT molecular complexity index is 1450.